The van der Waals surface area contributed by atoms with Gasteiger partial charge in [0, 0.05) is 11.8 Å². The Kier molecular flexibility index (Phi) is 4.09. The molecule has 1 rings (SSSR count). The van der Waals surface area contributed by atoms with Gasteiger partial charge in [0.25, 0.3) is 0 Å². The van der Waals surface area contributed by atoms with Gasteiger partial charge in [-0.1, -0.05) is 6.07 Å². The molecular weight excluding hydrogens is 190 g/mol. The molecule has 1 aromatic heterocycles. The van der Waals surface area contributed by atoms with Gasteiger partial charge in [-0.25, -0.2) is 4.98 Å². The lowest BCUT2D eigenvalue weighted by Gasteiger charge is -2.19. The van der Waals surface area contributed by atoms with Gasteiger partial charge in [0.1, 0.15) is 6.61 Å². The maximum atomic E-state index is 5.53. The number of nitrogens with zero attached hydrogens (tertiary/aromatic N) is 1. The SMILES string of the molecule is Cc1cccc(OCCOC(C)(C)C)n1. The Morgan fingerprint density at radius 3 is 2.53 bits per heavy atom. The van der Waals surface area contributed by atoms with Crippen molar-refractivity contribution in [2.45, 2.75) is 33.3 Å². The van der Waals surface area contributed by atoms with Crippen molar-refractivity contribution in [1.82, 2.24) is 4.98 Å². The van der Waals surface area contributed by atoms with Crippen LogP contribution in [0.1, 0.15) is 26.5 Å². The number of rotatable bonds is 4. The molecule has 3 nitrogen and oxygen atoms in total. The number of hydrogen-bond acceptors (Lipinski definition) is 3. The fraction of sp³-hybridized carbons (Fsp3) is 0.583. The second kappa shape index (κ2) is 5.12. The first kappa shape index (κ1) is 12.0. The standard InChI is InChI=1S/C12H19NO2/c1-10-6-5-7-11(13-10)14-8-9-15-12(2,3)4/h5-7H,8-9H2,1-4H3. The zero-order valence-corrected chi connectivity index (χ0v) is 9.91. The molecule has 0 saturated heterocycles. The molecule has 0 aliphatic carbocycles. The van der Waals surface area contributed by atoms with E-state index >= 15 is 0 Å². The summed E-state index contributed by atoms with van der Waals surface area (Å²) in [6.45, 7) is 9.14. The van der Waals surface area contributed by atoms with Crippen LogP contribution in [0.4, 0.5) is 0 Å². The van der Waals surface area contributed by atoms with Crippen LogP contribution in [0.15, 0.2) is 18.2 Å². The smallest absolute Gasteiger partial charge is 0.213 e. The molecule has 1 aromatic rings. The van der Waals surface area contributed by atoms with E-state index in [9.17, 15) is 0 Å². The molecule has 0 aliphatic heterocycles. The maximum Gasteiger partial charge on any atom is 0.213 e. The Labute approximate surface area is 91.4 Å². The van der Waals surface area contributed by atoms with Crippen molar-refractivity contribution in [2.24, 2.45) is 0 Å². The first-order valence-corrected chi connectivity index (χ1v) is 5.18. The summed E-state index contributed by atoms with van der Waals surface area (Å²) in [4.78, 5) is 4.23. The fourth-order valence-electron chi connectivity index (χ4n) is 1.09. The topological polar surface area (TPSA) is 31.4 Å². The van der Waals surface area contributed by atoms with Crippen LogP contribution in [0.3, 0.4) is 0 Å². The number of hydrogen-bond donors (Lipinski definition) is 0. The van der Waals surface area contributed by atoms with Crippen molar-refractivity contribution in [3.8, 4) is 5.88 Å². The molecular formula is C12H19NO2. The zero-order chi connectivity index (χ0) is 11.3. The van der Waals surface area contributed by atoms with Gasteiger partial charge in [-0.2, -0.15) is 0 Å². The van der Waals surface area contributed by atoms with Crippen molar-refractivity contribution in [1.29, 1.82) is 0 Å². The number of pyridine rings is 1. The van der Waals surface area contributed by atoms with E-state index in [0.29, 0.717) is 19.1 Å². The molecule has 0 unspecified atom stereocenters. The first-order valence-electron chi connectivity index (χ1n) is 5.18. The second-order valence-electron chi connectivity index (χ2n) is 4.43. The lowest BCUT2D eigenvalue weighted by Crippen LogP contribution is -2.22. The summed E-state index contributed by atoms with van der Waals surface area (Å²) in [5.41, 5.74) is 0.855. The Morgan fingerprint density at radius 2 is 1.93 bits per heavy atom. The van der Waals surface area contributed by atoms with Crippen molar-refractivity contribution in [3.63, 3.8) is 0 Å². The minimum atomic E-state index is -0.108. The lowest BCUT2D eigenvalue weighted by atomic mass is 10.2. The molecule has 15 heavy (non-hydrogen) atoms. The van der Waals surface area contributed by atoms with Gasteiger partial charge in [-0.3, -0.25) is 0 Å². The van der Waals surface area contributed by atoms with Gasteiger partial charge in [0.2, 0.25) is 5.88 Å². The molecule has 84 valence electrons. The lowest BCUT2D eigenvalue weighted by molar-refractivity contribution is -0.0168. The quantitative estimate of drug-likeness (QED) is 0.714. The highest BCUT2D eigenvalue weighted by molar-refractivity contribution is 5.14. The molecule has 0 radical (unpaired) electrons. The molecule has 0 N–H and O–H groups in total. The maximum absolute atomic E-state index is 5.53. The van der Waals surface area contributed by atoms with Crippen LogP contribution in [-0.4, -0.2) is 23.8 Å². The van der Waals surface area contributed by atoms with Gasteiger partial charge in [-0.15, -0.1) is 0 Å². The predicted molar refractivity (Wildman–Crippen MR) is 60.2 cm³/mol. The van der Waals surface area contributed by atoms with Crippen LogP contribution in [-0.2, 0) is 4.74 Å². The van der Waals surface area contributed by atoms with Gasteiger partial charge < -0.3 is 9.47 Å². The minimum Gasteiger partial charge on any atom is -0.475 e. The highest BCUT2D eigenvalue weighted by atomic mass is 16.5. The summed E-state index contributed by atoms with van der Waals surface area (Å²) in [5, 5.41) is 0. The highest BCUT2D eigenvalue weighted by Gasteiger charge is 2.09. The monoisotopic (exact) mass is 209 g/mol. The minimum absolute atomic E-state index is 0.108. The van der Waals surface area contributed by atoms with Gasteiger partial charge in [-0.05, 0) is 33.8 Å². The van der Waals surface area contributed by atoms with Crippen molar-refractivity contribution < 1.29 is 9.47 Å². The van der Waals surface area contributed by atoms with Crippen LogP contribution >= 0.6 is 0 Å². The summed E-state index contributed by atoms with van der Waals surface area (Å²) >= 11 is 0. The van der Waals surface area contributed by atoms with E-state index in [1.165, 1.54) is 0 Å². The molecule has 0 bridgehead atoms. The van der Waals surface area contributed by atoms with Gasteiger partial charge in [0.05, 0.1) is 12.2 Å². The molecule has 0 aromatic carbocycles. The number of aryl methyl sites for hydroxylation is 1. The predicted octanol–water partition coefficient (Wildman–Crippen LogP) is 2.58. The summed E-state index contributed by atoms with van der Waals surface area (Å²) in [6, 6.07) is 5.73. The van der Waals surface area contributed by atoms with Gasteiger partial charge in [0.15, 0.2) is 0 Å². The summed E-state index contributed by atoms with van der Waals surface area (Å²) in [7, 11) is 0. The Morgan fingerprint density at radius 1 is 1.20 bits per heavy atom. The van der Waals surface area contributed by atoms with Crippen molar-refractivity contribution in [2.75, 3.05) is 13.2 Å². The van der Waals surface area contributed by atoms with E-state index in [4.69, 9.17) is 9.47 Å². The first-order chi connectivity index (χ1) is 6.97. The van der Waals surface area contributed by atoms with Crippen LogP contribution in [0, 0.1) is 6.92 Å². The Bertz CT molecular complexity index is 305. The van der Waals surface area contributed by atoms with Crippen LogP contribution in [0.25, 0.3) is 0 Å². The fourth-order valence-corrected chi connectivity index (χ4v) is 1.09. The molecule has 0 fully saturated rings. The van der Waals surface area contributed by atoms with E-state index in [1.54, 1.807) is 0 Å². The molecule has 0 aliphatic rings. The summed E-state index contributed by atoms with van der Waals surface area (Å²) in [5.74, 6) is 0.660. The van der Waals surface area contributed by atoms with Gasteiger partial charge >= 0.3 is 0 Å². The molecule has 0 spiro atoms. The number of aromatic nitrogens is 1. The summed E-state index contributed by atoms with van der Waals surface area (Å²) in [6.07, 6.45) is 0. The van der Waals surface area contributed by atoms with Crippen LogP contribution in [0.2, 0.25) is 0 Å². The highest BCUT2D eigenvalue weighted by Crippen LogP contribution is 2.08. The van der Waals surface area contributed by atoms with E-state index in [2.05, 4.69) is 4.98 Å². The normalized spacial score (nSPS) is 11.5. The van der Waals surface area contributed by atoms with Crippen LogP contribution < -0.4 is 4.74 Å². The molecule has 3 heteroatoms. The van der Waals surface area contributed by atoms with Crippen LogP contribution in [0.5, 0.6) is 5.88 Å². The third-order valence-corrected chi connectivity index (χ3v) is 1.73. The van der Waals surface area contributed by atoms with E-state index < -0.39 is 0 Å². The summed E-state index contributed by atoms with van der Waals surface area (Å²) < 4.78 is 11.0. The van der Waals surface area contributed by atoms with Crippen molar-refractivity contribution >= 4 is 0 Å². The molecule has 0 saturated carbocycles. The number of ether oxygens (including phenoxy) is 2. The second-order valence-corrected chi connectivity index (χ2v) is 4.43. The molecule has 1 heterocycles. The van der Waals surface area contributed by atoms with Crippen molar-refractivity contribution in [3.05, 3.63) is 23.9 Å². The largest absolute Gasteiger partial charge is 0.475 e. The van der Waals surface area contributed by atoms with E-state index in [1.807, 2.05) is 45.9 Å². The third-order valence-electron chi connectivity index (χ3n) is 1.73. The average Bonchev–Trinajstić information content (AvgIpc) is 2.11. The average molecular weight is 209 g/mol. The Balaban J connectivity index is 2.26. The zero-order valence-electron chi connectivity index (χ0n) is 9.91. The van der Waals surface area contributed by atoms with E-state index in [0.717, 1.165) is 5.69 Å². The molecule has 0 amide bonds. The third kappa shape index (κ3) is 5.37. The molecule has 0 atom stereocenters. The van der Waals surface area contributed by atoms with E-state index in [-0.39, 0.29) is 5.60 Å². The Hall–Kier alpha value is -1.09.